The van der Waals surface area contributed by atoms with Crippen molar-refractivity contribution in [2.24, 2.45) is 0 Å². The molecule has 7 nitrogen and oxygen atoms in total. The lowest BCUT2D eigenvalue weighted by Crippen LogP contribution is -2.54. The Bertz CT molecular complexity index is 919. The van der Waals surface area contributed by atoms with Crippen LogP contribution < -0.4 is 4.90 Å². The van der Waals surface area contributed by atoms with Gasteiger partial charge in [0.25, 0.3) is 0 Å². The van der Waals surface area contributed by atoms with Crippen LogP contribution in [0.25, 0.3) is 0 Å². The second-order valence-corrected chi connectivity index (χ2v) is 9.61. The van der Waals surface area contributed by atoms with Gasteiger partial charge in [0.15, 0.2) is 6.61 Å². The highest BCUT2D eigenvalue weighted by Crippen LogP contribution is 2.47. The van der Waals surface area contributed by atoms with E-state index in [-0.39, 0.29) is 24.1 Å². The van der Waals surface area contributed by atoms with Crippen molar-refractivity contribution in [3.8, 4) is 11.8 Å². The monoisotopic (exact) mass is 452 g/mol. The molecular weight excluding hydrogens is 416 g/mol. The number of hydrogen-bond acceptors (Lipinski definition) is 4. The summed E-state index contributed by atoms with van der Waals surface area (Å²) in [5.74, 6) is 5.52. The summed E-state index contributed by atoms with van der Waals surface area (Å²) in [5, 5.41) is 0. The number of benzene rings is 1. The van der Waals surface area contributed by atoms with Crippen molar-refractivity contribution in [3.63, 3.8) is 0 Å². The number of ether oxygens (including phenoxy) is 1. The number of rotatable bonds is 2. The van der Waals surface area contributed by atoms with Gasteiger partial charge in [-0.2, -0.15) is 0 Å². The lowest BCUT2D eigenvalue weighted by atomic mass is 9.67. The van der Waals surface area contributed by atoms with Crippen molar-refractivity contribution < 1.29 is 14.3 Å². The van der Waals surface area contributed by atoms with Gasteiger partial charge in [-0.25, -0.2) is 9.59 Å². The standard InChI is InChI=1S/C26H36N4O3/c1-4-5-20-33-25(32)29-15-10-21(11-16-29)28-17-12-26(13-18-28)14-19-30(24(31)27(2)3)23-9-7-6-8-22(23)26/h6-9,21H,10-20H2,1-3H3. The molecule has 0 unspecified atom stereocenters. The average molecular weight is 453 g/mol. The smallest absolute Gasteiger partial charge is 0.410 e. The van der Waals surface area contributed by atoms with E-state index in [1.54, 1.807) is 11.8 Å². The zero-order valence-electron chi connectivity index (χ0n) is 20.2. The third-order valence-corrected chi connectivity index (χ3v) is 7.63. The SMILES string of the molecule is CC#CCOC(=O)N1CCC(N2CCC3(CCN(C(=O)N(C)C)c4ccccc43)CC2)CC1. The third-order valence-electron chi connectivity index (χ3n) is 7.63. The molecule has 0 N–H and O–H groups in total. The van der Waals surface area contributed by atoms with E-state index < -0.39 is 0 Å². The first-order valence-electron chi connectivity index (χ1n) is 12.1. The molecular formula is C26H36N4O3. The van der Waals surface area contributed by atoms with Gasteiger partial charge < -0.3 is 19.4 Å². The maximum Gasteiger partial charge on any atom is 0.410 e. The molecule has 7 heteroatoms. The Balaban J connectivity index is 1.36. The number of carbonyl (C=O) groups is 2. The predicted octanol–water partition coefficient (Wildman–Crippen LogP) is 3.54. The van der Waals surface area contributed by atoms with Gasteiger partial charge in [0.2, 0.25) is 0 Å². The first-order chi connectivity index (χ1) is 15.9. The number of carbonyl (C=O) groups excluding carboxylic acids is 2. The first kappa shape index (κ1) is 23.4. The van der Waals surface area contributed by atoms with Crippen molar-refractivity contribution in [3.05, 3.63) is 29.8 Å². The van der Waals surface area contributed by atoms with E-state index in [1.807, 2.05) is 30.0 Å². The van der Waals surface area contributed by atoms with E-state index >= 15 is 0 Å². The van der Waals surface area contributed by atoms with Gasteiger partial charge in [-0.3, -0.25) is 4.90 Å². The molecule has 1 spiro atoms. The Kier molecular flexibility index (Phi) is 7.14. The topological polar surface area (TPSA) is 56.3 Å². The molecule has 2 saturated heterocycles. The normalized spacial score (nSPS) is 20.6. The first-order valence-corrected chi connectivity index (χ1v) is 12.1. The molecule has 4 rings (SSSR count). The number of fused-ring (bicyclic) bond motifs is 2. The molecule has 178 valence electrons. The van der Waals surface area contributed by atoms with Gasteiger partial charge in [0.1, 0.15) is 0 Å². The average Bonchev–Trinajstić information content (AvgIpc) is 2.85. The van der Waals surface area contributed by atoms with Gasteiger partial charge in [-0.05, 0) is 63.7 Å². The van der Waals surface area contributed by atoms with E-state index in [1.165, 1.54) is 5.56 Å². The zero-order chi connectivity index (χ0) is 23.4. The summed E-state index contributed by atoms with van der Waals surface area (Å²) in [6, 6.07) is 9.06. The third kappa shape index (κ3) is 4.81. The number of hydrogen-bond donors (Lipinski definition) is 0. The number of likely N-dealkylation sites (tertiary alicyclic amines) is 2. The summed E-state index contributed by atoms with van der Waals surface area (Å²) >= 11 is 0. The minimum atomic E-state index is -0.246. The van der Waals surface area contributed by atoms with Crippen LogP contribution in [0.3, 0.4) is 0 Å². The summed E-state index contributed by atoms with van der Waals surface area (Å²) in [6.45, 7) is 6.31. The summed E-state index contributed by atoms with van der Waals surface area (Å²) in [6.07, 6.45) is 4.98. The molecule has 0 radical (unpaired) electrons. The van der Waals surface area contributed by atoms with Crippen molar-refractivity contribution in [1.29, 1.82) is 0 Å². The van der Waals surface area contributed by atoms with Gasteiger partial charge in [0.05, 0.1) is 0 Å². The number of anilines is 1. The lowest BCUT2D eigenvalue weighted by molar-refractivity contribution is 0.0564. The van der Waals surface area contributed by atoms with Crippen LogP contribution >= 0.6 is 0 Å². The molecule has 3 aliphatic heterocycles. The number of amides is 3. The van der Waals surface area contributed by atoms with Crippen molar-refractivity contribution in [2.45, 2.75) is 50.5 Å². The van der Waals surface area contributed by atoms with E-state index in [2.05, 4.69) is 34.9 Å². The van der Waals surface area contributed by atoms with E-state index in [9.17, 15) is 9.59 Å². The zero-order valence-corrected chi connectivity index (χ0v) is 20.2. The van der Waals surface area contributed by atoms with Crippen LogP contribution in [0.15, 0.2) is 24.3 Å². The summed E-state index contributed by atoms with van der Waals surface area (Å²) < 4.78 is 5.22. The minimum Gasteiger partial charge on any atom is -0.436 e. The van der Waals surface area contributed by atoms with Crippen molar-refractivity contribution >= 4 is 17.8 Å². The quantitative estimate of drug-likeness (QED) is 0.644. The highest BCUT2D eigenvalue weighted by atomic mass is 16.6. The van der Waals surface area contributed by atoms with Crippen LogP contribution in [0, 0.1) is 11.8 Å². The molecule has 0 atom stereocenters. The fourth-order valence-corrected chi connectivity index (χ4v) is 5.69. The molecule has 1 aromatic carbocycles. The van der Waals surface area contributed by atoms with Crippen LogP contribution in [-0.4, -0.2) is 86.3 Å². The minimum absolute atomic E-state index is 0.0572. The van der Waals surface area contributed by atoms with Gasteiger partial charge in [0, 0.05) is 50.9 Å². The second kappa shape index (κ2) is 10.0. The molecule has 3 aliphatic rings. The number of nitrogens with zero attached hydrogens (tertiary/aromatic N) is 4. The van der Waals surface area contributed by atoms with Crippen LogP contribution in [0.2, 0.25) is 0 Å². The van der Waals surface area contributed by atoms with Crippen molar-refractivity contribution in [2.75, 3.05) is 58.3 Å². The number of urea groups is 1. The summed E-state index contributed by atoms with van der Waals surface area (Å²) in [5.41, 5.74) is 2.57. The number of piperidine rings is 2. The molecule has 0 bridgehead atoms. The molecule has 3 heterocycles. The molecule has 2 fully saturated rings. The fourth-order valence-electron chi connectivity index (χ4n) is 5.69. The molecule has 0 aromatic heterocycles. The maximum absolute atomic E-state index is 12.7. The number of para-hydroxylation sites is 1. The van der Waals surface area contributed by atoms with E-state index in [4.69, 9.17) is 4.74 Å². The van der Waals surface area contributed by atoms with Crippen LogP contribution in [0.1, 0.15) is 44.6 Å². The van der Waals surface area contributed by atoms with Gasteiger partial charge >= 0.3 is 12.1 Å². The van der Waals surface area contributed by atoms with Crippen LogP contribution in [0.4, 0.5) is 15.3 Å². The maximum atomic E-state index is 12.7. The summed E-state index contributed by atoms with van der Waals surface area (Å²) in [4.78, 5) is 33.0. The van der Waals surface area contributed by atoms with Crippen molar-refractivity contribution in [1.82, 2.24) is 14.7 Å². The largest absolute Gasteiger partial charge is 0.436 e. The molecule has 0 saturated carbocycles. The molecule has 1 aromatic rings. The fraction of sp³-hybridized carbons (Fsp3) is 0.615. The van der Waals surface area contributed by atoms with E-state index in [0.29, 0.717) is 6.04 Å². The second-order valence-electron chi connectivity index (χ2n) is 9.61. The van der Waals surface area contributed by atoms with Gasteiger partial charge in [-0.15, -0.1) is 5.92 Å². The van der Waals surface area contributed by atoms with Gasteiger partial charge in [-0.1, -0.05) is 24.1 Å². The molecule has 0 aliphatic carbocycles. The Morgan fingerprint density at radius 1 is 1.06 bits per heavy atom. The van der Waals surface area contributed by atoms with Crippen LogP contribution in [-0.2, 0) is 10.2 Å². The Morgan fingerprint density at radius 2 is 1.73 bits per heavy atom. The Labute approximate surface area is 197 Å². The van der Waals surface area contributed by atoms with E-state index in [0.717, 1.165) is 70.5 Å². The predicted molar refractivity (Wildman–Crippen MR) is 129 cm³/mol. The summed E-state index contributed by atoms with van der Waals surface area (Å²) in [7, 11) is 3.64. The highest BCUT2D eigenvalue weighted by molar-refractivity contribution is 5.93. The molecule has 3 amide bonds. The lowest BCUT2D eigenvalue weighted by Gasteiger charge is -2.50. The molecule has 33 heavy (non-hydrogen) atoms. The Hall–Kier alpha value is -2.72. The Morgan fingerprint density at radius 3 is 2.39 bits per heavy atom. The van der Waals surface area contributed by atoms with Crippen LogP contribution in [0.5, 0.6) is 0 Å². The highest BCUT2D eigenvalue weighted by Gasteiger charge is 2.43.